The first-order valence-corrected chi connectivity index (χ1v) is 6.79. The second-order valence-electron chi connectivity index (χ2n) is 4.82. The summed E-state index contributed by atoms with van der Waals surface area (Å²) in [6.45, 7) is -3.67. The van der Waals surface area contributed by atoms with Gasteiger partial charge in [0.15, 0.2) is 0 Å². The van der Waals surface area contributed by atoms with E-state index >= 15 is 0 Å². The van der Waals surface area contributed by atoms with Gasteiger partial charge in [-0.15, -0.1) is 0 Å². The summed E-state index contributed by atoms with van der Waals surface area (Å²) in [5.41, 5.74) is 7.57. The molecule has 1 aliphatic carbocycles. The first-order chi connectivity index (χ1) is 10.0. The van der Waals surface area contributed by atoms with E-state index in [-0.39, 0.29) is 0 Å². The van der Waals surface area contributed by atoms with E-state index < -0.39 is 6.68 Å². The number of nitrogen functional groups attached to an aromatic ring is 1. The zero-order valence-electron chi connectivity index (χ0n) is 11.6. The smallest absolute Gasteiger partial charge is 0.379 e. The van der Waals surface area contributed by atoms with Gasteiger partial charge in [0.2, 0.25) is 0 Å². The molecule has 2 N–H and O–H groups in total. The topological polar surface area (TPSA) is 62.7 Å². The van der Waals surface area contributed by atoms with Crippen LogP contribution in [0.5, 0.6) is 0 Å². The van der Waals surface area contributed by atoms with Gasteiger partial charge in [-0.05, 0) is 24.8 Å². The van der Waals surface area contributed by atoms with E-state index in [9.17, 15) is 13.2 Å². The van der Waals surface area contributed by atoms with E-state index in [4.69, 9.17) is 11.0 Å². The molecule has 0 spiro atoms. The van der Waals surface area contributed by atoms with E-state index in [0.717, 1.165) is 5.56 Å². The van der Waals surface area contributed by atoms with Gasteiger partial charge >= 0.3 is 6.68 Å². The number of nitriles is 1. The van der Waals surface area contributed by atoms with E-state index in [1.54, 1.807) is 0 Å². The average molecular weight is 297 g/mol. The quantitative estimate of drug-likeness (QED) is 0.884. The van der Waals surface area contributed by atoms with Crippen molar-refractivity contribution in [1.82, 2.24) is 4.98 Å². The maximum atomic E-state index is 9.67. The van der Waals surface area contributed by atoms with Crippen LogP contribution in [0.3, 0.4) is 0 Å². The third-order valence-corrected chi connectivity index (χ3v) is 3.24. The Balaban J connectivity index is 0.000000491. The Bertz CT molecular complexity index is 501. The Hall–Kier alpha value is -2.03. The SMILES string of the molecule is FC(F)F.N#Cc1ncc(N)cc1/C=C/C1CCCCC1. The van der Waals surface area contributed by atoms with Gasteiger partial charge in [-0.2, -0.15) is 18.4 Å². The Kier molecular flexibility index (Phi) is 7.30. The zero-order chi connectivity index (χ0) is 15.7. The summed E-state index contributed by atoms with van der Waals surface area (Å²) in [6.07, 6.45) is 12.2. The molecule has 0 bridgehead atoms. The molecule has 0 amide bonds. The highest BCUT2D eigenvalue weighted by Gasteiger charge is 2.10. The van der Waals surface area contributed by atoms with Crippen LogP contribution in [0.1, 0.15) is 43.4 Å². The van der Waals surface area contributed by atoms with Gasteiger partial charge in [-0.25, -0.2) is 4.98 Å². The van der Waals surface area contributed by atoms with E-state index in [1.165, 1.54) is 38.3 Å². The number of nitrogens with two attached hydrogens (primary N) is 1. The molecule has 1 fully saturated rings. The van der Waals surface area contributed by atoms with E-state index in [1.807, 2.05) is 12.1 Å². The molecule has 1 aliphatic rings. The number of pyridine rings is 1. The highest BCUT2D eigenvalue weighted by Crippen LogP contribution is 2.25. The molecule has 1 saturated carbocycles. The van der Waals surface area contributed by atoms with Crippen molar-refractivity contribution in [3.8, 4) is 6.07 Å². The standard InChI is InChI=1S/C14H17N3.CHF3/c15-9-14-12(8-13(16)10-17-14)7-6-11-4-2-1-3-5-11;2-1(3)4/h6-8,10-11H,1-5,16H2;1H/b7-6+;. The van der Waals surface area contributed by atoms with Crippen molar-refractivity contribution in [2.24, 2.45) is 5.92 Å². The first-order valence-electron chi connectivity index (χ1n) is 6.79. The van der Waals surface area contributed by atoms with Crippen LogP contribution in [0.4, 0.5) is 18.9 Å². The molecule has 1 aromatic rings. The highest BCUT2D eigenvalue weighted by atomic mass is 19.4. The largest absolute Gasteiger partial charge is 0.397 e. The van der Waals surface area contributed by atoms with Crippen molar-refractivity contribution in [3.63, 3.8) is 0 Å². The van der Waals surface area contributed by atoms with E-state index in [0.29, 0.717) is 17.3 Å². The summed E-state index contributed by atoms with van der Waals surface area (Å²) in [6, 6.07) is 3.90. The van der Waals surface area contributed by atoms with Crippen molar-refractivity contribution >= 4 is 11.8 Å². The number of rotatable bonds is 2. The number of allylic oxidation sites excluding steroid dienone is 1. The molecule has 114 valence electrons. The summed E-state index contributed by atoms with van der Waals surface area (Å²) in [5, 5.41) is 8.96. The fourth-order valence-electron chi connectivity index (χ4n) is 2.29. The lowest BCUT2D eigenvalue weighted by Crippen LogP contribution is -2.02. The van der Waals surface area contributed by atoms with Gasteiger partial charge in [0, 0.05) is 5.56 Å². The molecule has 1 aromatic heterocycles. The molecule has 3 nitrogen and oxygen atoms in total. The highest BCUT2D eigenvalue weighted by molar-refractivity contribution is 5.60. The predicted molar refractivity (Wildman–Crippen MR) is 76.1 cm³/mol. The van der Waals surface area contributed by atoms with Gasteiger partial charge in [0.25, 0.3) is 0 Å². The zero-order valence-corrected chi connectivity index (χ0v) is 11.6. The van der Waals surface area contributed by atoms with Gasteiger partial charge in [-0.3, -0.25) is 0 Å². The van der Waals surface area contributed by atoms with Crippen molar-refractivity contribution < 1.29 is 13.2 Å². The lowest BCUT2D eigenvalue weighted by atomic mass is 9.88. The number of anilines is 1. The van der Waals surface area contributed by atoms with Crippen LogP contribution in [-0.2, 0) is 0 Å². The molecule has 0 unspecified atom stereocenters. The van der Waals surface area contributed by atoms with Crippen LogP contribution in [0, 0.1) is 17.2 Å². The minimum atomic E-state index is -3.67. The summed E-state index contributed by atoms with van der Waals surface area (Å²) in [7, 11) is 0. The van der Waals surface area contributed by atoms with Gasteiger partial charge in [-0.1, -0.05) is 31.4 Å². The number of nitrogens with zero attached hydrogens (tertiary/aromatic N) is 2. The van der Waals surface area contributed by atoms with Crippen molar-refractivity contribution in [3.05, 3.63) is 29.6 Å². The van der Waals surface area contributed by atoms with Crippen molar-refractivity contribution in [2.75, 3.05) is 5.73 Å². The molecule has 0 aromatic carbocycles. The second kappa shape index (κ2) is 9.01. The van der Waals surface area contributed by atoms with Crippen LogP contribution in [-0.4, -0.2) is 11.7 Å². The number of hydrogen-bond donors (Lipinski definition) is 1. The number of alkyl halides is 3. The normalized spacial score (nSPS) is 15.6. The van der Waals surface area contributed by atoms with Gasteiger partial charge in [0.05, 0.1) is 11.9 Å². The average Bonchev–Trinajstić information content (AvgIpc) is 2.46. The number of hydrogen-bond acceptors (Lipinski definition) is 3. The molecule has 0 radical (unpaired) electrons. The second-order valence-corrected chi connectivity index (χ2v) is 4.82. The van der Waals surface area contributed by atoms with Crippen LogP contribution < -0.4 is 5.73 Å². The van der Waals surface area contributed by atoms with Crippen molar-refractivity contribution in [2.45, 2.75) is 38.8 Å². The van der Waals surface area contributed by atoms with E-state index in [2.05, 4.69) is 17.1 Å². The Morgan fingerprint density at radius 1 is 1.29 bits per heavy atom. The number of halogens is 3. The van der Waals surface area contributed by atoms with Crippen LogP contribution in [0.2, 0.25) is 0 Å². The van der Waals surface area contributed by atoms with Gasteiger partial charge in [0.1, 0.15) is 11.8 Å². The fourth-order valence-corrected chi connectivity index (χ4v) is 2.29. The molecule has 1 heterocycles. The molecule has 0 saturated heterocycles. The molecular weight excluding hydrogens is 279 g/mol. The number of aromatic nitrogens is 1. The summed E-state index contributed by atoms with van der Waals surface area (Å²) >= 11 is 0. The third-order valence-electron chi connectivity index (χ3n) is 3.24. The fraction of sp³-hybridized carbons (Fsp3) is 0.467. The lowest BCUT2D eigenvalue weighted by Gasteiger charge is -2.17. The minimum Gasteiger partial charge on any atom is -0.397 e. The molecular formula is C15H18F3N3. The maximum Gasteiger partial charge on any atom is 0.379 e. The minimum absolute atomic E-state index is 0.450. The maximum absolute atomic E-state index is 9.67. The summed E-state index contributed by atoms with van der Waals surface area (Å²) in [5.74, 6) is 0.650. The molecule has 21 heavy (non-hydrogen) atoms. The van der Waals surface area contributed by atoms with Gasteiger partial charge < -0.3 is 5.73 Å². The van der Waals surface area contributed by atoms with Crippen LogP contribution in [0.15, 0.2) is 18.3 Å². The summed E-state index contributed by atoms with van der Waals surface area (Å²) < 4.78 is 29.0. The monoisotopic (exact) mass is 297 g/mol. The Morgan fingerprint density at radius 2 is 1.90 bits per heavy atom. The lowest BCUT2D eigenvalue weighted by molar-refractivity contribution is 0.00819. The molecule has 0 aliphatic heterocycles. The Morgan fingerprint density at radius 3 is 2.48 bits per heavy atom. The van der Waals surface area contributed by atoms with Crippen LogP contribution in [0.25, 0.3) is 6.08 Å². The van der Waals surface area contributed by atoms with Crippen molar-refractivity contribution in [1.29, 1.82) is 5.26 Å². The van der Waals surface area contributed by atoms with Crippen LogP contribution >= 0.6 is 0 Å². The first kappa shape index (κ1) is 17.0. The molecule has 6 heteroatoms. The Labute approximate surface area is 122 Å². The summed E-state index contributed by atoms with van der Waals surface area (Å²) in [4.78, 5) is 4.02. The predicted octanol–water partition coefficient (Wildman–Crippen LogP) is 4.31. The molecule has 2 rings (SSSR count). The molecule has 0 atom stereocenters. The third kappa shape index (κ3) is 6.80.